The average molecular weight is 401 g/mol. The molecule has 4 aromatic rings. The molecule has 0 fully saturated rings. The van der Waals surface area contributed by atoms with E-state index in [1.807, 2.05) is 42.5 Å². The van der Waals surface area contributed by atoms with Crippen LogP contribution < -0.4 is 10.6 Å². The summed E-state index contributed by atoms with van der Waals surface area (Å²) < 4.78 is 1.80. The van der Waals surface area contributed by atoms with Gasteiger partial charge in [0.05, 0.1) is 6.54 Å². The van der Waals surface area contributed by atoms with Crippen molar-refractivity contribution in [3.63, 3.8) is 0 Å². The molecule has 0 aliphatic rings. The third kappa shape index (κ3) is 4.43. The molecule has 0 unspecified atom stereocenters. The number of aryl methyl sites for hydroxylation is 1. The molecule has 0 spiro atoms. The maximum absolute atomic E-state index is 11.2. The normalized spacial score (nSPS) is 10.9. The van der Waals surface area contributed by atoms with Crippen LogP contribution in [0.3, 0.4) is 0 Å². The lowest BCUT2D eigenvalue weighted by Gasteiger charge is -2.09. The topological polar surface area (TPSA) is 97.6 Å². The molecule has 2 aromatic carbocycles. The van der Waals surface area contributed by atoms with E-state index >= 15 is 0 Å². The lowest BCUT2D eigenvalue weighted by Crippen LogP contribution is -2.07. The predicted molar refractivity (Wildman–Crippen MR) is 117 cm³/mol. The molecule has 0 radical (unpaired) electrons. The monoisotopic (exact) mass is 401 g/mol. The van der Waals surface area contributed by atoms with Crippen LogP contribution in [0, 0.1) is 0 Å². The Bertz CT molecular complexity index is 1150. The zero-order chi connectivity index (χ0) is 20.9. The van der Waals surface area contributed by atoms with Gasteiger partial charge in [-0.1, -0.05) is 42.5 Å². The lowest BCUT2D eigenvalue weighted by atomic mass is 10.2. The van der Waals surface area contributed by atoms with Gasteiger partial charge in [-0.25, -0.2) is 14.6 Å². The molecule has 8 heteroatoms. The van der Waals surface area contributed by atoms with E-state index in [-0.39, 0.29) is 5.91 Å². The average Bonchev–Trinajstić information content (AvgIpc) is 3.13. The number of rotatable bonds is 7. The van der Waals surface area contributed by atoms with E-state index in [1.54, 1.807) is 4.68 Å². The van der Waals surface area contributed by atoms with Gasteiger partial charge in [-0.05, 0) is 36.2 Å². The van der Waals surface area contributed by atoms with E-state index in [0.717, 1.165) is 35.6 Å². The lowest BCUT2D eigenvalue weighted by molar-refractivity contribution is -0.114. The number of carbonyl (C=O) groups excluding carboxylic acids is 1. The second kappa shape index (κ2) is 8.69. The summed E-state index contributed by atoms with van der Waals surface area (Å²) in [6, 6.07) is 17.5. The highest BCUT2D eigenvalue weighted by Crippen LogP contribution is 2.24. The summed E-state index contributed by atoms with van der Waals surface area (Å²) in [7, 11) is 0. The molecule has 0 aliphatic carbocycles. The van der Waals surface area contributed by atoms with Crippen LogP contribution in [-0.4, -0.2) is 30.9 Å². The zero-order valence-corrected chi connectivity index (χ0v) is 17.0. The van der Waals surface area contributed by atoms with Gasteiger partial charge in [-0.15, -0.1) is 5.10 Å². The Morgan fingerprint density at radius 2 is 1.73 bits per heavy atom. The molecular weight excluding hydrogens is 378 g/mol. The Hall–Kier alpha value is -3.81. The molecule has 8 nitrogen and oxygen atoms in total. The molecule has 0 atom stereocenters. The second-order valence-electron chi connectivity index (χ2n) is 7.03. The number of fused-ring (bicyclic) bond motifs is 1. The van der Waals surface area contributed by atoms with Gasteiger partial charge in [0.25, 0.3) is 0 Å². The first-order chi connectivity index (χ1) is 14.6. The van der Waals surface area contributed by atoms with Gasteiger partial charge in [0.2, 0.25) is 5.91 Å². The summed E-state index contributed by atoms with van der Waals surface area (Å²) in [5.41, 5.74) is 4.03. The summed E-state index contributed by atoms with van der Waals surface area (Å²) in [6.07, 6.45) is 1.71. The van der Waals surface area contributed by atoms with Crippen molar-refractivity contribution in [3.05, 3.63) is 66.0 Å². The van der Waals surface area contributed by atoms with Crippen LogP contribution in [0.25, 0.3) is 11.2 Å². The molecule has 0 aliphatic heterocycles. The molecule has 2 N–H and O–H groups in total. The fourth-order valence-electron chi connectivity index (χ4n) is 3.16. The van der Waals surface area contributed by atoms with Crippen LogP contribution in [0.15, 0.2) is 54.6 Å². The van der Waals surface area contributed by atoms with E-state index in [1.165, 1.54) is 6.92 Å². The van der Waals surface area contributed by atoms with Crippen molar-refractivity contribution in [1.82, 2.24) is 25.0 Å². The Labute approximate surface area is 174 Å². The summed E-state index contributed by atoms with van der Waals surface area (Å²) in [5, 5.41) is 14.7. The zero-order valence-electron chi connectivity index (χ0n) is 17.0. The smallest absolute Gasteiger partial charge is 0.221 e. The minimum absolute atomic E-state index is 0.104. The van der Waals surface area contributed by atoms with E-state index in [2.05, 4.69) is 45.0 Å². The van der Waals surface area contributed by atoms with Crippen LogP contribution in [0.4, 0.5) is 17.2 Å². The summed E-state index contributed by atoms with van der Waals surface area (Å²) in [4.78, 5) is 20.6. The molecule has 4 rings (SSSR count). The van der Waals surface area contributed by atoms with Gasteiger partial charge in [-0.2, -0.15) is 0 Å². The van der Waals surface area contributed by atoms with Gasteiger partial charge in [0, 0.05) is 24.7 Å². The van der Waals surface area contributed by atoms with Crippen LogP contribution in [0.5, 0.6) is 0 Å². The Balaban J connectivity index is 1.67. The van der Waals surface area contributed by atoms with Crippen molar-refractivity contribution in [2.45, 2.75) is 33.2 Å². The van der Waals surface area contributed by atoms with Crippen LogP contribution in [0.1, 0.15) is 31.7 Å². The Morgan fingerprint density at radius 3 is 2.43 bits per heavy atom. The fourth-order valence-corrected chi connectivity index (χ4v) is 3.16. The molecule has 0 saturated carbocycles. The Morgan fingerprint density at radius 1 is 1.00 bits per heavy atom. The van der Waals surface area contributed by atoms with Gasteiger partial charge >= 0.3 is 0 Å². The van der Waals surface area contributed by atoms with Crippen molar-refractivity contribution in [2.24, 2.45) is 0 Å². The number of nitrogens with one attached hydrogen (secondary N) is 2. The number of anilines is 3. The number of carbonyl (C=O) groups is 1. The maximum atomic E-state index is 11.2. The van der Waals surface area contributed by atoms with Crippen molar-refractivity contribution in [2.75, 3.05) is 10.6 Å². The molecule has 1 amide bonds. The van der Waals surface area contributed by atoms with Gasteiger partial charge in [0.1, 0.15) is 5.82 Å². The highest BCUT2D eigenvalue weighted by atomic mass is 16.1. The predicted octanol–water partition coefficient (Wildman–Crippen LogP) is 3.92. The van der Waals surface area contributed by atoms with Crippen molar-refractivity contribution < 1.29 is 4.79 Å². The minimum atomic E-state index is -0.104. The maximum Gasteiger partial charge on any atom is 0.221 e. The van der Waals surface area contributed by atoms with Crippen LogP contribution in [0.2, 0.25) is 0 Å². The third-order valence-electron chi connectivity index (χ3n) is 4.53. The molecular formula is C22H23N7O. The van der Waals surface area contributed by atoms with E-state index in [0.29, 0.717) is 23.5 Å². The molecule has 30 heavy (non-hydrogen) atoms. The molecule has 2 heterocycles. The summed E-state index contributed by atoms with van der Waals surface area (Å²) in [6.45, 7) is 4.17. The SMILES string of the molecule is CCCc1nc(Nc2ccc(NC(C)=O)cc2)c2nnn(Cc3ccccc3)c2n1. The largest absolute Gasteiger partial charge is 0.338 e. The molecule has 0 saturated heterocycles. The molecule has 0 bridgehead atoms. The standard InChI is InChI=1S/C22H23N7O/c1-3-7-19-25-21(24-18-12-10-17(11-13-18)23-15(2)30)20-22(26-19)29(28-27-20)14-16-8-5-4-6-9-16/h4-6,8-13H,3,7,14H2,1-2H3,(H,23,30)(H,24,25,26). The first-order valence-corrected chi connectivity index (χ1v) is 9.91. The number of nitrogens with zero attached hydrogens (tertiary/aromatic N) is 5. The minimum Gasteiger partial charge on any atom is -0.338 e. The van der Waals surface area contributed by atoms with Crippen molar-refractivity contribution >= 4 is 34.3 Å². The van der Waals surface area contributed by atoms with Crippen molar-refractivity contribution in [3.8, 4) is 0 Å². The van der Waals surface area contributed by atoms with Crippen LogP contribution in [-0.2, 0) is 17.8 Å². The van der Waals surface area contributed by atoms with E-state index in [4.69, 9.17) is 4.98 Å². The van der Waals surface area contributed by atoms with Gasteiger partial charge in [-0.3, -0.25) is 4.79 Å². The quantitative estimate of drug-likeness (QED) is 0.487. The van der Waals surface area contributed by atoms with Gasteiger partial charge in [0.15, 0.2) is 17.0 Å². The van der Waals surface area contributed by atoms with E-state index in [9.17, 15) is 4.79 Å². The van der Waals surface area contributed by atoms with E-state index < -0.39 is 0 Å². The number of aromatic nitrogens is 5. The number of hydrogen-bond donors (Lipinski definition) is 2. The summed E-state index contributed by atoms with van der Waals surface area (Å²) >= 11 is 0. The third-order valence-corrected chi connectivity index (χ3v) is 4.53. The number of benzene rings is 2. The molecule has 2 aromatic heterocycles. The van der Waals surface area contributed by atoms with Crippen LogP contribution >= 0.6 is 0 Å². The second-order valence-corrected chi connectivity index (χ2v) is 7.03. The first-order valence-electron chi connectivity index (χ1n) is 9.91. The molecule has 152 valence electrons. The number of hydrogen-bond acceptors (Lipinski definition) is 6. The highest BCUT2D eigenvalue weighted by Gasteiger charge is 2.15. The number of amides is 1. The van der Waals surface area contributed by atoms with Gasteiger partial charge < -0.3 is 10.6 Å². The van der Waals surface area contributed by atoms with Crippen molar-refractivity contribution in [1.29, 1.82) is 0 Å². The summed E-state index contributed by atoms with van der Waals surface area (Å²) in [5.74, 6) is 1.27. The fraction of sp³-hybridized carbons (Fsp3) is 0.227. The highest BCUT2D eigenvalue weighted by molar-refractivity contribution is 5.89. The Kier molecular flexibility index (Phi) is 5.65. The first kappa shape index (κ1) is 19.5.